The highest BCUT2D eigenvalue weighted by Gasteiger charge is 2.33. The molecule has 7 heteroatoms. The molecule has 0 radical (unpaired) electrons. The molecule has 1 aliphatic heterocycles. The van der Waals surface area contributed by atoms with Gasteiger partial charge in [0.25, 0.3) is 5.91 Å². The molecule has 140 valence electrons. The zero-order valence-corrected chi connectivity index (χ0v) is 14.7. The molecular formula is C19H24N2O5. The van der Waals surface area contributed by atoms with Crippen LogP contribution in [-0.4, -0.2) is 42.5 Å². The number of likely N-dealkylation sites (tertiary alicyclic amines) is 1. The second-order valence-electron chi connectivity index (χ2n) is 6.26. The van der Waals surface area contributed by atoms with Crippen LogP contribution in [0, 0.1) is 0 Å². The molecule has 0 aliphatic carbocycles. The second kappa shape index (κ2) is 9.24. The molecule has 1 saturated heterocycles. The number of nitrogens with one attached hydrogen (secondary N) is 1. The first-order valence-electron chi connectivity index (χ1n) is 8.98. The number of amides is 2. The molecule has 7 nitrogen and oxygen atoms in total. The molecule has 1 unspecified atom stereocenters. The summed E-state index contributed by atoms with van der Waals surface area (Å²) in [6.45, 7) is 2.04. The average molecular weight is 360 g/mol. The Balaban J connectivity index is 1.41. The van der Waals surface area contributed by atoms with Gasteiger partial charge in [0.2, 0.25) is 5.91 Å². The Morgan fingerprint density at radius 2 is 2.04 bits per heavy atom. The van der Waals surface area contributed by atoms with Crippen molar-refractivity contribution in [2.45, 2.75) is 38.3 Å². The van der Waals surface area contributed by atoms with Gasteiger partial charge in [0, 0.05) is 19.7 Å². The molecule has 1 aliphatic rings. The highest BCUT2D eigenvalue weighted by Crippen LogP contribution is 2.20. The largest absolute Gasteiger partial charge is 0.467 e. The fourth-order valence-corrected chi connectivity index (χ4v) is 3.06. The van der Waals surface area contributed by atoms with Crippen molar-refractivity contribution in [2.24, 2.45) is 0 Å². The summed E-state index contributed by atoms with van der Waals surface area (Å²) in [5, 5.41) is 2.91. The minimum atomic E-state index is -0.439. The topological polar surface area (TPSA) is 84.9 Å². The van der Waals surface area contributed by atoms with Crippen LogP contribution in [0.2, 0.25) is 0 Å². The van der Waals surface area contributed by atoms with E-state index in [9.17, 15) is 9.59 Å². The molecule has 1 atom stereocenters. The van der Waals surface area contributed by atoms with E-state index in [-0.39, 0.29) is 17.6 Å². The smallest absolute Gasteiger partial charge is 0.290 e. The molecule has 2 amide bonds. The lowest BCUT2D eigenvalue weighted by atomic mass is 10.0. The summed E-state index contributed by atoms with van der Waals surface area (Å²) in [7, 11) is 0. The van der Waals surface area contributed by atoms with Crippen LogP contribution in [0.5, 0.6) is 0 Å². The van der Waals surface area contributed by atoms with E-state index in [1.165, 1.54) is 6.26 Å². The maximum absolute atomic E-state index is 12.5. The monoisotopic (exact) mass is 360 g/mol. The van der Waals surface area contributed by atoms with Crippen LogP contribution in [0.1, 0.15) is 42.0 Å². The Kier molecular flexibility index (Phi) is 6.49. The van der Waals surface area contributed by atoms with Crippen LogP contribution in [0.4, 0.5) is 0 Å². The van der Waals surface area contributed by atoms with E-state index in [2.05, 4.69) is 5.32 Å². The van der Waals surface area contributed by atoms with Gasteiger partial charge in [-0.3, -0.25) is 9.59 Å². The van der Waals surface area contributed by atoms with E-state index in [0.717, 1.165) is 18.6 Å². The normalized spacial score (nSPS) is 17.2. The van der Waals surface area contributed by atoms with Crippen LogP contribution in [0.15, 0.2) is 45.6 Å². The van der Waals surface area contributed by atoms with Crippen molar-refractivity contribution in [1.82, 2.24) is 10.2 Å². The fourth-order valence-electron chi connectivity index (χ4n) is 3.06. The number of furan rings is 2. The van der Waals surface area contributed by atoms with Gasteiger partial charge in [0.05, 0.1) is 12.5 Å². The summed E-state index contributed by atoms with van der Waals surface area (Å²) >= 11 is 0. The van der Waals surface area contributed by atoms with Crippen molar-refractivity contribution in [3.05, 3.63) is 48.3 Å². The molecule has 2 aromatic heterocycles. The van der Waals surface area contributed by atoms with E-state index >= 15 is 0 Å². The van der Waals surface area contributed by atoms with Gasteiger partial charge in [0.15, 0.2) is 5.76 Å². The standard InChI is InChI=1S/C19H24N2O5/c22-18(20-9-5-11-24-14-15-6-3-12-25-15)16-7-1-2-10-21(16)19(23)17-8-4-13-26-17/h3-4,6,8,12-13,16H,1-2,5,7,9-11,14H2,(H,20,22). The summed E-state index contributed by atoms with van der Waals surface area (Å²) < 4.78 is 15.9. The lowest BCUT2D eigenvalue weighted by molar-refractivity contribution is -0.126. The summed E-state index contributed by atoms with van der Waals surface area (Å²) in [5.41, 5.74) is 0. The molecule has 1 N–H and O–H groups in total. The third-order valence-electron chi connectivity index (χ3n) is 4.39. The van der Waals surface area contributed by atoms with Gasteiger partial charge in [-0.05, 0) is 49.9 Å². The number of rotatable bonds is 8. The predicted octanol–water partition coefficient (Wildman–Crippen LogP) is 2.59. The number of ether oxygens (including phenoxy) is 1. The SMILES string of the molecule is O=C(NCCCOCc1ccco1)C1CCCCN1C(=O)c1ccco1. The van der Waals surface area contributed by atoms with Gasteiger partial charge < -0.3 is 23.8 Å². The van der Waals surface area contributed by atoms with Gasteiger partial charge in [-0.2, -0.15) is 0 Å². The Morgan fingerprint density at radius 1 is 1.19 bits per heavy atom. The first kappa shape index (κ1) is 18.3. The number of carbonyl (C=O) groups is 2. The van der Waals surface area contributed by atoms with E-state index in [0.29, 0.717) is 39.1 Å². The number of piperidine rings is 1. The first-order valence-corrected chi connectivity index (χ1v) is 8.98. The molecular weight excluding hydrogens is 336 g/mol. The maximum atomic E-state index is 12.5. The fraction of sp³-hybridized carbons (Fsp3) is 0.474. The molecule has 26 heavy (non-hydrogen) atoms. The molecule has 0 spiro atoms. The van der Waals surface area contributed by atoms with Crippen molar-refractivity contribution < 1.29 is 23.2 Å². The summed E-state index contributed by atoms with van der Waals surface area (Å²) in [5.74, 6) is 0.714. The zero-order valence-electron chi connectivity index (χ0n) is 14.7. The minimum Gasteiger partial charge on any atom is -0.467 e. The van der Waals surface area contributed by atoms with Crippen molar-refractivity contribution in [3.8, 4) is 0 Å². The molecule has 2 aromatic rings. The molecule has 0 saturated carbocycles. The molecule has 3 rings (SSSR count). The van der Waals surface area contributed by atoms with E-state index in [1.54, 1.807) is 23.3 Å². The van der Waals surface area contributed by atoms with Crippen molar-refractivity contribution >= 4 is 11.8 Å². The van der Waals surface area contributed by atoms with Gasteiger partial charge in [-0.25, -0.2) is 0 Å². The van der Waals surface area contributed by atoms with Crippen molar-refractivity contribution in [2.75, 3.05) is 19.7 Å². The van der Waals surface area contributed by atoms with E-state index in [1.807, 2.05) is 12.1 Å². The van der Waals surface area contributed by atoms with Crippen LogP contribution in [0.25, 0.3) is 0 Å². The van der Waals surface area contributed by atoms with Crippen molar-refractivity contribution in [1.29, 1.82) is 0 Å². The highest BCUT2D eigenvalue weighted by atomic mass is 16.5. The van der Waals surface area contributed by atoms with Gasteiger partial charge in [-0.1, -0.05) is 0 Å². The molecule has 1 fully saturated rings. The van der Waals surface area contributed by atoms with Crippen molar-refractivity contribution in [3.63, 3.8) is 0 Å². The number of nitrogens with zero attached hydrogens (tertiary/aromatic N) is 1. The Labute approximate surface area is 152 Å². The maximum Gasteiger partial charge on any atom is 0.290 e. The number of hydrogen-bond donors (Lipinski definition) is 1. The lowest BCUT2D eigenvalue weighted by Gasteiger charge is -2.34. The van der Waals surface area contributed by atoms with Gasteiger partial charge in [-0.15, -0.1) is 0 Å². The summed E-state index contributed by atoms with van der Waals surface area (Å²) in [6.07, 6.45) is 6.29. The highest BCUT2D eigenvalue weighted by molar-refractivity contribution is 5.95. The minimum absolute atomic E-state index is 0.115. The number of carbonyl (C=O) groups excluding carboxylic acids is 2. The quantitative estimate of drug-likeness (QED) is 0.732. The van der Waals surface area contributed by atoms with Crippen LogP contribution >= 0.6 is 0 Å². The molecule has 0 bridgehead atoms. The third kappa shape index (κ3) is 4.76. The lowest BCUT2D eigenvalue weighted by Crippen LogP contribution is -2.52. The second-order valence-corrected chi connectivity index (χ2v) is 6.26. The number of hydrogen-bond acceptors (Lipinski definition) is 5. The van der Waals surface area contributed by atoms with Crippen LogP contribution in [0.3, 0.4) is 0 Å². The Bertz CT molecular complexity index is 681. The third-order valence-corrected chi connectivity index (χ3v) is 4.39. The Morgan fingerprint density at radius 3 is 2.81 bits per heavy atom. The molecule has 3 heterocycles. The predicted molar refractivity (Wildman–Crippen MR) is 93.4 cm³/mol. The molecule has 0 aromatic carbocycles. The average Bonchev–Trinajstić information content (AvgIpc) is 3.37. The first-order chi connectivity index (χ1) is 12.8. The van der Waals surface area contributed by atoms with E-state index < -0.39 is 6.04 Å². The van der Waals surface area contributed by atoms with Gasteiger partial charge >= 0.3 is 0 Å². The van der Waals surface area contributed by atoms with Crippen LogP contribution in [-0.2, 0) is 16.1 Å². The van der Waals surface area contributed by atoms with E-state index in [4.69, 9.17) is 13.6 Å². The van der Waals surface area contributed by atoms with Gasteiger partial charge in [0.1, 0.15) is 18.4 Å². The zero-order chi connectivity index (χ0) is 18.2. The van der Waals surface area contributed by atoms with Crippen LogP contribution < -0.4 is 5.32 Å². The summed E-state index contributed by atoms with van der Waals surface area (Å²) in [4.78, 5) is 26.7. The Hall–Kier alpha value is -2.54. The summed E-state index contributed by atoms with van der Waals surface area (Å²) in [6, 6.07) is 6.54.